The number of rotatable bonds is 10. The maximum atomic E-state index is 10.2. The maximum Gasteiger partial charge on any atom is 0.119 e. The summed E-state index contributed by atoms with van der Waals surface area (Å²) in [6, 6.07) is 32.2. The summed E-state index contributed by atoms with van der Waals surface area (Å²) < 4.78 is 11.2. The van der Waals surface area contributed by atoms with Crippen LogP contribution in [-0.2, 0) is 0 Å². The van der Waals surface area contributed by atoms with Crippen LogP contribution in [-0.4, -0.2) is 37.5 Å². The van der Waals surface area contributed by atoms with Crippen molar-refractivity contribution in [1.29, 1.82) is 0 Å². The Hall–Kier alpha value is -3.34. The van der Waals surface area contributed by atoms with Crippen molar-refractivity contribution in [1.82, 2.24) is 5.32 Å². The van der Waals surface area contributed by atoms with E-state index in [1.165, 1.54) is 40.3 Å². The summed E-state index contributed by atoms with van der Waals surface area (Å²) >= 11 is 0. The molecule has 2 atom stereocenters. The lowest BCUT2D eigenvalue weighted by atomic mass is 9.83. The van der Waals surface area contributed by atoms with E-state index in [4.69, 9.17) is 9.47 Å². The van der Waals surface area contributed by atoms with Crippen LogP contribution < -0.4 is 14.8 Å². The molecule has 34 heavy (non-hydrogen) atoms. The number of hydrogen-bond donors (Lipinski definition) is 2. The largest absolute Gasteiger partial charge is 0.497 e. The molecule has 1 aliphatic carbocycles. The van der Waals surface area contributed by atoms with Gasteiger partial charge >= 0.3 is 0 Å². The van der Waals surface area contributed by atoms with Crippen molar-refractivity contribution < 1.29 is 14.6 Å². The van der Waals surface area contributed by atoms with Gasteiger partial charge in [-0.2, -0.15) is 0 Å². The van der Waals surface area contributed by atoms with Gasteiger partial charge in [0, 0.05) is 18.5 Å². The van der Waals surface area contributed by atoms with Gasteiger partial charge in [0.25, 0.3) is 0 Å². The smallest absolute Gasteiger partial charge is 0.119 e. The van der Waals surface area contributed by atoms with Crippen LogP contribution in [0.25, 0.3) is 10.8 Å². The van der Waals surface area contributed by atoms with Gasteiger partial charge in [-0.05, 0) is 64.6 Å². The number of fused-ring (bicyclic) bond motifs is 1. The van der Waals surface area contributed by atoms with E-state index in [0.717, 1.165) is 11.5 Å². The van der Waals surface area contributed by atoms with Gasteiger partial charge in [-0.25, -0.2) is 0 Å². The summed E-state index contributed by atoms with van der Waals surface area (Å²) in [6.07, 6.45) is 1.91. The van der Waals surface area contributed by atoms with Gasteiger partial charge in [-0.1, -0.05) is 66.7 Å². The van der Waals surface area contributed by atoms with Crippen molar-refractivity contribution in [2.24, 2.45) is 0 Å². The Morgan fingerprint density at radius 3 is 2.15 bits per heavy atom. The molecule has 1 saturated carbocycles. The Labute approximate surface area is 201 Å². The molecule has 0 saturated heterocycles. The monoisotopic (exact) mass is 453 g/mol. The highest BCUT2D eigenvalue weighted by atomic mass is 16.5. The fraction of sp³-hybridized carbons (Fsp3) is 0.267. The van der Waals surface area contributed by atoms with Crippen LogP contribution in [0.3, 0.4) is 0 Å². The minimum atomic E-state index is -0.511. The molecule has 4 aromatic carbocycles. The van der Waals surface area contributed by atoms with E-state index >= 15 is 0 Å². The lowest BCUT2D eigenvalue weighted by Crippen LogP contribution is -2.32. The zero-order valence-corrected chi connectivity index (χ0v) is 19.5. The molecule has 1 aliphatic rings. The number of ether oxygens (including phenoxy) is 2. The van der Waals surface area contributed by atoms with Gasteiger partial charge in [-0.3, -0.25) is 0 Å². The van der Waals surface area contributed by atoms with Gasteiger partial charge in [0.1, 0.15) is 24.2 Å². The van der Waals surface area contributed by atoms with Gasteiger partial charge in [-0.15, -0.1) is 0 Å². The number of aliphatic hydroxyl groups is 1. The molecule has 4 aromatic rings. The van der Waals surface area contributed by atoms with E-state index in [1.54, 1.807) is 7.11 Å². The number of methoxy groups -OCH3 is 1. The first-order valence-electron chi connectivity index (χ1n) is 12.0. The second kappa shape index (κ2) is 10.3. The summed E-state index contributed by atoms with van der Waals surface area (Å²) in [6.45, 7) is 0.855. The van der Waals surface area contributed by atoms with E-state index in [-0.39, 0.29) is 12.5 Å². The molecular weight excluding hydrogens is 422 g/mol. The highest BCUT2D eigenvalue weighted by Crippen LogP contribution is 2.37. The Kier molecular flexibility index (Phi) is 6.79. The standard InChI is InChI=1S/C30H31NO3/c1-33-26-15-9-22(10-16-26)30(29-8-4-6-21-5-2-3-7-28(21)29)23-11-17-27(18-12-23)34-20-25(32)19-31-24-13-14-24/h2-12,15-18,24-25,30-32H,13-14,19-20H2,1H3. The van der Waals surface area contributed by atoms with Gasteiger partial charge in [0.2, 0.25) is 0 Å². The fourth-order valence-electron chi connectivity index (χ4n) is 4.45. The third-order valence-corrected chi connectivity index (χ3v) is 6.46. The van der Waals surface area contributed by atoms with Gasteiger partial charge in [0.05, 0.1) is 7.11 Å². The number of aliphatic hydroxyl groups excluding tert-OH is 1. The van der Waals surface area contributed by atoms with Crippen LogP contribution in [0.5, 0.6) is 11.5 Å². The molecule has 0 amide bonds. The Morgan fingerprint density at radius 2 is 1.47 bits per heavy atom. The zero-order chi connectivity index (χ0) is 23.3. The molecule has 0 aliphatic heterocycles. The molecule has 1 fully saturated rings. The Balaban J connectivity index is 1.41. The minimum absolute atomic E-state index is 0.0689. The number of benzene rings is 4. The molecule has 0 spiro atoms. The highest BCUT2D eigenvalue weighted by Gasteiger charge is 2.22. The van der Waals surface area contributed by atoms with Crippen molar-refractivity contribution >= 4 is 10.8 Å². The van der Waals surface area contributed by atoms with Crippen molar-refractivity contribution in [2.45, 2.75) is 30.9 Å². The molecule has 0 bridgehead atoms. The molecule has 4 heteroatoms. The van der Waals surface area contributed by atoms with Crippen molar-refractivity contribution in [3.8, 4) is 11.5 Å². The lowest BCUT2D eigenvalue weighted by Gasteiger charge is -2.21. The molecular formula is C30H31NO3. The molecule has 5 rings (SSSR count). The van der Waals surface area contributed by atoms with Crippen molar-refractivity contribution in [2.75, 3.05) is 20.3 Å². The van der Waals surface area contributed by atoms with Crippen LogP contribution in [0, 0.1) is 0 Å². The summed E-state index contributed by atoms with van der Waals surface area (Å²) in [7, 11) is 1.69. The van der Waals surface area contributed by atoms with Gasteiger partial charge in [0.15, 0.2) is 0 Å². The molecule has 2 N–H and O–H groups in total. The van der Waals surface area contributed by atoms with Crippen molar-refractivity contribution in [3.05, 3.63) is 108 Å². The van der Waals surface area contributed by atoms with E-state index in [1.807, 2.05) is 24.3 Å². The Morgan fingerprint density at radius 1 is 0.824 bits per heavy atom. The first-order valence-corrected chi connectivity index (χ1v) is 12.0. The second-order valence-electron chi connectivity index (χ2n) is 8.99. The maximum absolute atomic E-state index is 10.2. The second-order valence-corrected chi connectivity index (χ2v) is 8.99. The molecule has 0 radical (unpaired) electrons. The predicted molar refractivity (Wildman–Crippen MR) is 137 cm³/mol. The van der Waals surface area contributed by atoms with Crippen LogP contribution in [0.15, 0.2) is 91.0 Å². The first kappa shape index (κ1) is 22.5. The van der Waals surface area contributed by atoms with Crippen LogP contribution >= 0.6 is 0 Å². The van der Waals surface area contributed by atoms with E-state index in [2.05, 4.69) is 72.0 Å². The SMILES string of the molecule is COc1ccc(C(c2ccc(OCC(O)CNC3CC3)cc2)c2cccc3ccccc23)cc1. The fourth-order valence-corrected chi connectivity index (χ4v) is 4.45. The van der Waals surface area contributed by atoms with Crippen LogP contribution in [0.2, 0.25) is 0 Å². The normalized spacial score (nSPS) is 15.1. The summed E-state index contributed by atoms with van der Waals surface area (Å²) in [5.74, 6) is 1.68. The number of nitrogens with one attached hydrogen (secondary N) is 1. The molecule has 2 unspecified atom stereocenters. The average molecular weight is 454 g/mol. The lowest BCUT2D eigenvalue weighted by molar-refractivity contribution is 0.106. The number of hydrogen-bond acceptors (Lipinski definition) is 4. The summed E-state index contributed by atoms with van der Waals surface area (Å²) in [4.78, 5) is 0. The molecule has 4 nitrogen and oxygen atoms in total. The molecule has 0 heterocycles. The van der Waals surface area contributed by atoms with E-state index in [0.29, 0.717) is 12.6 Å². The van der Waals surface area contributed by atoms with Crippen LogP contribution in [0.4, 0.5) is 0 Å². The third-order valence-electron chi connectivity index (χ3n) is 6.46. The average Bonchev–Trinajstić information content (AvgIpc) is 3.72. The molecule has 174 valence electrons. The van der Waals surface area contributed by atoms with E-state index < -0.39 is 6.10 Å². The van der Waals surface area contributed by atoms with Gasteiger partial charge < -0.3 is 19.9 Å². The zero-order valence-electron chi connectivity index (χ0n) is 19.5. The van der Waals surface area contributed by atoms with E-state index in [9.17, 15) is 5.11 Å². The topological polar surface area (TPSA) is 50.7 Å². The third kappa shape index (κ3) is 5.24. The summed E-state index contributed by atoms with van der Waals surface area (Å²) in [5, 5.41) is 16.0. The van der Waals surface area contributed by atoms with Crippen LogP contribution in [0.1, 0.15) is 35.4 Å². The van der Waals surface area contributed by atoms with Crippen molar-refractivity contribution in [3.63, 3.8) is 0 Å². The first-order chi connectivity index (χ1) is 16.7. The quantitative estimate of drug-likeness (QED) is 0.311. The summed E-state index contributed by atoms with van der Waals surface area (Å²) in [5.41, 5.74) is 3.65. The predicted octanol–water partition coefficient (Wildman–Crippen LogP) is 5.52. The molecule has 0 aromatic heterocycles. The minimum Gasteiger partial charge on any atom is -0.497 e. The highest BCUT2D eigenvalue weighted by molar-refractivity contribution is 5.87. The Bertz CT molecular complexity index is 1210.